The summed E-state index contributed by atoms with van der Waals surface area (Å²) in [7, 11) is 0. The molecule has 0 heterocycles. The number of rotatable bonds is 8. The van der Waals surface area contributed by atoms with Gasteiger partial charge in [-0.25, -0.2) is 5.84 Å². The number of unbranched alkanes of at least 4 members (excludes halogenated alkanes) is 1. The van der Waals surface area contributed by atoms with Crippen molar-refractivity contribution in [3.05, 3.63) is 35.9 Å². The zero-order chi connectivity index (χ0) is 15.0. The van der Waals surface area contributed by atoms with Crippen LogP contribution < -0.4 is 17.0 Å². The quantitative estimate of drug-likeness (QED) is 0.362. The lowest BCUT2D eigenvalue weighted by Gasteiger charge is -2.29. The van der Waals surface area contributed by atoms with Crippen LogP contribution >= 0.6 is 0 Å². The number of nitrogens with one attached hydrogen (secondary N) is 1. The highest BCUT2D eigenvalue weighted by molar-refractivity contribution is 5.84. The van der Waals surface area contributed by atoms with Crippen LogP contribution in [0.1, 0.15) is 31.4 Å². The predicted molar refractivity (Wildman–Crippen MR) is 77.2 cm³/mol. The van der Waals surface area contributed by atoms with Crippen LogP contribution in [-0.2, 0) is 9.59 Å². The van der Waals surface area contributed by atoms with E-state index in [1.54, 1.807) is 4.90 Å². The zero-order valence-electron chi connectivity index (χ0n) is 11.7. The molecule has 0 saturated heterocycles. The minimum atomic E-state index is -0.611. The first-order valence-electron chi connectivity index (χ1n) is 6.67. The number of nitrogens with two attached hydrogens (primary N) is 2. The van der Waals surface area contributed by atoms with Gasteiger partial charge in [0.25, 0.3) is 5.91 Å². The number of carbonyl (C=O) groups excluding carboxylic acids is 2. The Labute approximate surface area is 119 Å². The van der Waals surface area contributed by atoms with E-state index in [2.05, 4.69) is 5.43 Å². The second kappa shape index (κ2) is 8.29. The third-order valence-electron chi connectivity index (χ3n) is 3.03. The van der Waals surface area contributed by atoms with E-state index in [0.29, 0.717) is 6.54 Å². The molecular formula is C14H22N4O2. The van der Waals surface area contributed by atoms with Crippen molar-refractivity contribution in [2.45, 2.75) is 25.8 Å². The molecule has 0 spiro atoms. The Morgan fingerprint density at radius 3 is 2.45 bits per heavy atom. The average molecular weight is 278 g/mol. The maximum atomic E-state index is 12.1. The largest absolute Gasteiger partial charge is 0.369 e. The number of primary amides is 1. The van der Waals surface area contributed by atoms with E-state index < -0.39 is 11.9 Å². The van der Waals surface area contributed by atoms with Gasteiger partial charge in [-0.1, -0.05) is 43.7 Å². The highest BCUT2D eigenvalue weighted by atomic mass is 16.2. The molecule has 110 valence electrons. The van der Waals surface area contributed by atoms with Crippen molar-refractivity contribution in [3.63, 3.8) is 0 Å². The number of hydrazine groups is 1. The molecule has 0 fully saturated rings. The summed E-state index contributed by atoms with van der Waals surface area (Å²) >= 11 is 0. The summed E-state index contributed by atoms with van der Waals surface area (Å²) in [5, 5.41) is 0. The van der Waals surface area contributed by atoms with E-state index in [-0.39, 0.29) is 12.5 Å². The minimum Gasteiger partial charge on any atom is -0.369 e. The molecule has 1 atom stereocenters. The summed E-state index contributed by atoms with van der Waals surface area (Å²) in [6, 6.07) is 8.61. The molecule has 0 bridgehead atoms. The monoisotopic (exact) mass is 278 g/mol. The van der Waals surface area contributed by atoms with Gasteiger partial charge < -0.3 is 5.73 Å². The number of nitrogens with zero attached hydrogens (tertiary/aromatic N) is 1. The first-order valence-corrected chi connectivity index (χ1v) is 6.67. The third kappa shape index (κ3) is 4.64. The van der Waals surface area contributed by atoms with Gasteiger partial charge >= 0.3 is 0 Å². The summed E-state index contributed by atoms with van der Waals surface area (Å²) in [4.78, 5) is 25.1. The van der Waals surface area contributed by atoms with Gasteiger partial charge in [0.15, 0.2) is 0 Å². The SMILES string of the molecule is CCCCN(CC(N)=O)C(C(=O)NN)c1ccccc1. The van der Waals surface area contributed by atoms with Crippen molar-refractivity contribution in [3.8, 4) is 0 Å². The Morgan fingerprint density at radius 2 is 1.95 bits per heavy atom. The van der Waals surface area contributed by atoms with Gasteiger partial charge in [-0.3, -0.25) is 19.9 Å². The molecule has 6 nitrogen and oxygen atoms in total. The lowest BCUT2D eigenvalue weighted by atomic mass is 10.0. The van der Waals surface area contributed by atoms with Gasteiger partial charge in [-0.15, -0.1) is 0 Å². The van der Waals surface area contributed by atoms with Gasteiger partial charge in [0.05, 0.1) is 6.54 Å². The molecule has 1 unspecified atom stereocenters. The van der Waals surface area contributed by atoms with E-state index in [9.17, 15) is 9.59 Å². The Hall–Kier alpha value is -1.92. The molecule has 0 saturated carbocycles. The van der Waals surface area contributed by atoms with Gasteiger partial charge in [-0.2, -0.15) is 0 Å². The van der Waals surface area contributed by atoms with Gasteiger partial charge in [0, 0.05) is 0 Å². The van der Waals surface area contributed by atoms with Crippen molar-refractivity contribution in [1.29, 1.82) is 0 Å². The Kier molecular flexibility index (Phi) is 6.69. The Bertz CT molecular complexity index is 436. The summed E-state index contributed by atoms with van der Waals surface area (Å²) in [5.41, 5.74) is 8.22. The lowest BCUT2D eigenvalue weighted by Crippen LogP contribution is -2.46. The smallest absolute Gasteiger partial charge is 0.255 e. The van der Waals surface area contributed by atoms with Crippen molar-refractivity contribution in [2.24, 2.45) is 11.6 Å². The van der Waals surface area contributed by atoms with E-state index >= 15 is 0 Å². The van der Waals surface area contributed by atoms with Crippen LogP contribution in [0, 0.1) is 0 Å². The lowest BCUT2D eigenvalue weighted by molar-refractivity contribution is -0.128. The van der Waals surface area contributed by atoms with Gasteiger partial charge in [0.1, 0.15) is 6.04 Å². The zero-order valence-corrected chi connectivity index (χ0v) is 11.7. The second-order valence-electron chi connectivity index (χ2n) is 4.61. The molecular weight excluding hydrogens is 256 g/mol. The van der Waals surface area contributed by atoms with Crippen LogP contribution in [0.5, 0.6) is 0 Å². The standard InChI is InChI=1S/C14H22N4O2/c1-2-3-9-18(10-12(15)19)13(14(20)17-16)11-7-5-4-6-8-11/h4-8,13H,2-3,9-10,16H2,1H3,(H2,15,19)(H,17,20). The van der Waals surface area contributed by atoms with E-state index in [4.69, 9.17) is 11.6 Å². The first kappa shape index (κ1) is 16.1. The topological polar surface area (TPSA) is 101 Å². The summed E-state index contributed by atoms with van der Waals surface area (Å²) < 4.78 is 0. The maximum Gasteiger partial charge on any atom is 0.255 e. The number of amides is 2. The fourth-order valence-corrected chi connectivity index (χ4v) is 2.10. The molecule has 5 N–H and O–H groups in total. The number of carbonyl (C=O) groups is 2. The van der Waals surface area contributed by atoms with Crippen LogP contribution in [-0.4, -0.2) is 29.8 Å². The van der Waals surface area contributed by atoms with E-state index in [1.165, 1.54) is 0 Å². The molecule has 0 aliphatic carbocycles. The summed E-state index contributed by atoms with van der Waals surface area (Å²) in [5.74, 6) is 4.45. The average Bonchev–Trinajstić information content (AvgIpc) is 2.45. The Balaban J connectivity index is 3.03. The normalized spacial score (nSPS) is 12.2. The van der Waals surface area contributed by atoms with Crippen molar-refractivity contribution in [2.75, 3.05) is 13.1 Å². The van der Waals surface area contributed by atoms with Crippen LogP contribution in [0.25, 0.3) is 0 Å². The van der Waals surface area contributed by atoms with Gasteiger partial charge in [0.2, 0.25) is 5.91 Å². The first-order chi connectivity index (χ1) is 9.60. The highest BCUT2D eigenvalue weighted by Crippen LogP contribution is 2.21. The molecule has 0 aromatic heterocycles. The molecule has 0 aliphatic rings. The molecule has 1 rings (SSSR count). The maximum absolute atomic E-state index is 12.1. The molecule has 0 radical (unpaired) electrons. The summed E-state index contributed by atoms with van der Waals surface area (Å²) in [6.07, 6.45) is 1.83. The van der Waals surface area contributed by atoms with Crippen molar-refractivity contribution < 1.29 is 9.59 Å². The number of hydrogen-bond donors (Lipinski definition) is 3. The molecule has 1 aromatic carbocycles. The fourth-order valence-electron chi connectivity index (χ4n) is 2.10. The van der Waals surface area contributed by atoms with Crippen LogP contribution in [0.3, 0.4) is 0 Å². The van der Waals surface area contributed by atoms with E-state index in [1.807, 2.05) is 37.3 Å². The minimum absolute atomic E-state index is 0.0208. The fraction of sp³-hybridized carbons (Fsp3) is 0.429. The van der Waals surface area contributed by atoms with Crippen molar-refractivity contribution in [1.82, 2.24) is 10.3 Å². The molecule has 2 amide bonds. The van der Waals surface area contributed by atoms with Crippen LogP contribution in [0.15, 0.2) is 30.3 Å². The van der Waals surface area contributed by atoms with Gasteiger partial charge in [-0.05, 0) is 18.5 Å². The molecule has 1 aromatic rings. The molecule has 20 heavy (non-hydrogen) atoms. The second-order valence-corrected chi connectivity index (χ2v) is 4.61. The summed E-state index contributed by atoms with van der Waals surface area (Å²) in [6.45, 7) is 2.67. The van der Waals surface area contributed by atoms with E-state index in [0.717, 1.165) is 18.4 Å². The van der Waals surface area contributed by atoms with Crippen LogP contribution in [0.4, 0.5) is 0 Å². The third-order valence-corrected chi connectivity index (χ3v) is 3.03. The molecule has 0 aliphatic heterocycles. The number of benzene rings is 1. The van der Waals surface area contributed by atoms with Crippen LogP contribution in [0.2, 0.25) is 0 Å². The predicted octanol–water partition coefficient (Wildman–Crippen LogP) is 0.305. The Morgan fingerprint density at radius 1 is 1.30 bits per heavy atom. The number of hydrogen-bond acceptors (Lipinski definition) is 4. The molecule has 6 heteroatoms. The van der Waals surface area contributed by atoms with Crippen molar-refractivity contribution >= 4 is 11.8 Å². The highest BCUT2D eigenvalue weighted by Gasteiger charge is 2.27.